The number of hydrogen-bond donors (Lipinski definition) is 1. The zero-order chi connectivity index (χ0) is 25.2. The maximum absolute atomic E-state index is 13.3. The van der Waals surface area contributed by atoms with Crippen molar-refractivity contribution < 1.29 is 18.0 Å². The third-order valence-electron chi connectivity index (χ3n) is 5.32. The Kier molecular flexibility index (Phi) is 7.18. The molecule has 1 N–H and O–H groups in total. The summed E-state index contributed by atoms with van der Waals surface area (Å²) in [5.74, 6) is -0.194. The first-order valence-electron chi connectivity index (χ1n) is 10.5. The van der Waals surface area contributed by atoms with E-state index >= 15 is 0 Å². The van der Waals surface area contributed by atoms with Gasteiger partial charge in [-0.05, 0) is 73.5 Å². The van der Waals surface area contributed by atoms with Crippen LogP contribution >= 0.6 is 23.4 Å². The Bertz CT molecular complexity index is 1370. The van der Waals surface area contributed by atoms with Crippen LogP contribution in [0.5, 0.6) is 0 Å². The standard InChI is InChI=1S/C25H20ClF3N4OS/c1-15-7-12-19(13-16(15)2)33-23(17-8-10-18(26)11-9-17)31-32-24(33)35-14-22(34)30-21-6-4-3-5-20(21)25(27,28)29/h3-13H,14H2,1-2H3,(H,30,34). The molecule has 4 aromatic rings. The van der Waals surface area contributed by atoms with E-state index in [1.807, 2.05) is 48.7 Å². The highest BCUT2D eigenvalue weighted by atomic mass is 35.5. The highest BCUT2D eigenvalue weighted by Crippen LogP contribution is 2.35. The first-order valence-corrected chi connectivity index (χ1v) is 11.9. The molecule has 4 rings (SSSR count). The van der Waals surface area contributed by atoms with Gasteiger partial charge in [0.05, 0.1) is 22.7 Å². The van der Waals surface area contributed by atoms with Gasteiger partial charge < -0.3 is 5.32 Å². The van der Waals surface area contributed by atoms with Crippen molar-refractivity contribution in [1.82, 2.24) is 14.8 Å². The summed E-state index contributed by atoms with van der Waals surface area (Å²) >= 11 is 7.11. The number of carbonyl (C=O) groups is 1. The van der Waals surface area contributed by atoms with Crippen LogP contribution in [0.15, 0.2) is 71.9 Å². The fourth-order valence-electron chi connectivity index (χ4n) is 3.40. The average molecular weight is 517 g/mol. The lowest BCUT2D eigenvalue weighted by atomic mass is 10.1. The molecule has 1 aromatic heterocycles. The van der Waals surface area contributed by atoms with Crippen LogP contribution in [0.2, 0.25) is 5.02 Å². The molecule has 0 fully saturated rings. The lowest BCUT2D eigenvalue weighted by molar-refractivity contribution is -0.137. The number of alkyl halides is 3. The predicted octanol–water partition coefficient (Wildman–Crippen LogP) is 6.95. The molecule has 0 unspecified atom stereocenters. The quantitative estimate of drug-likeness (QED) is 0.282. The normalized spacial score (nSPS) is 11.5. The molecule has 0 aliphatic carbocycles. The molecule has 35 heavy (non-hydrogen) atoms. The van der Waals surface area contributed by atoms with Crippen LogP contribution < -0.4 is 5.32 Å². The summed E-state index contributed by atoms with van der Waals surface area (Å²) in [5, 5.41) is 11.9. The summed E-state index contributed by atoms with van der Waals surface area (Å²) in [4.78, 5) is 12.6. The van der Waals surface area contributed by atoms with Crippen molar-refractivity contribution in [3.05, 3.63) is 88.4 Å². The van der Waals surface area contributed by atoms with Gasteiger partial charge in [-0.15, -0.1) is 10.2 Å². The monoisotopic (exact) mass is 516 g/mol. The van der Waals surface area contributed by atoms with Crippen molar-refractivity contribution in [1.29, 1.82) is 0 Å². The molecule has 180 valence electrons. The van der Waals surface area contributed by atoms with Gasteiger partial charge in [0, 0.05) is 10.6 Å². The largest absolute Gasteiger partial charge is 0.418 e. The van der Waals surface area contributed by atoms with E-state index in [1.165, 1.54) is 18.2 Å². The molecule has 0 saturated heterocycles. The fourth-order valence-corrected chi connectivity index (χ4v) is 4.28. The molecular weight excluding hydrogens is 497 g/mol. The number of anilines is 1. The Morgan fingerprint density at radius 2 is 1.71 bits per heavy atom. The zero-order valence-corrected chi connectivity index (χ0v) is 20.3. The molecule has 0 spiro atoms. The Labute approximate surface area is 209 Å². The van der Waals surface area contributed by atoms with Crippen molar-refractivity contribution in [3.8, 4) is 17.1 Å². The van der Waals surface area contributed by atoms with E-state index in [2.05, 4.69) is 15.5 Å². The number of carbonyl (C=O) groups excluding carboxylic acids is 1. The van der Waals surface area contributed by atoms with Crippen LogP contribution in [0.25, 0.3) is 17.1 Å². The van der Waals surface area contributed by atoms with Crippen molar-refractivity contribution in [3.63, 3.8) is 0 Å². The highest BCUT2D eigenvalue weighted by Gasteiger charge is 2.33. The molecule has 1 amide bonds. The second-order valence-corrected chi connectivity index (χ2v) is 9.18. The summed E-state index contributed by atoms with van der Waals surface area (Å²) in [6.45, 7) is 3.99. The van der Waals surface area contributed by atoms with Gasteiger partial charge >= 0.3 is 6.18 Å². The molecule has 3 aromatic carbocycles. The van der Waals surface area contributed by atoms with Gasteiger partial charge in [0.25, 0.3) is 0 Å². The van der Waals surface area contributed by atoms with E-state index in [0.717, 1.165) is 40.2 Å². The van der Waals surface area contributed by atoms with Gasteiger partial charge in [0.1, 0.15) is 0 Å². The number of nitrogens with zero attached hydrogens (tertiary/aromatic N) is 3. The van der Waals surface area contributed by atoms with Crippen molar-refractivity contribution in [2.24, 2.45) is 0 Å². The van der Waals surface area contributed by atoms with E-state index in [1.54, 1.807) is 12.1 Å². The van der Waals surface area contributed by atoms with Gasteiger partial charge in [0.15, 0.2) is 11.0 Å². The van der Waals surface area contributed by atoms with Crippen LogP contribution in [0.3, 0.4) is 0 Å². The minimum atomic E-state index is -4.58. The molecule has 0 aliphatic rings. The molecule has 10 heteroatoms. The number of aromatic nitrogens is 3. The number of para-hydroxylation sites is 1. The van der Waals surface area contributed by atoms with Crippen LogP contribution in [-0.4, -0.2) is 26.4 Å². The van der Waals surface area contributed by atoms with Gasteiger partial charge in [-0.25, -0.2) is 0 Å². The Morgan fingerprint density at radius 1 is 1.00 bits per heavy atom. The average Bonchev–Trinajstić information content (AvgIpc) is 3.23. The molecule has 1 heterocycles. The Balaban J connectivity index is 1.62. The van der Waals surface area contributed by atoms with E-state index in [-0.39, 0.29) is 11.4 Å². The lowest BCUT2D eigenvalue weighted by Crippen LogP contribution is -2.18. The second-order valence-electron chi connectivity index (χ2n) is 7.80. The fraction of sp³-hybridized carbons (Fsp3) is 0.160. The number of aryl methyl sites for hydroxylation is 2. The SMILES string of the molecule is Cc1ccc(-n2c(SCC(=O)Nc3ccccc3C(F)(F)F)nnc2-c2ccc(Cl)cc2)cc1C. The highest BCUT2D eigenvalue weighted by molar-refractivity contribution is 7.99. The van der Waals surface area contributed by atoms with Crippen LogP contribution in [0.4, 0.5) is 18.9 Å². The zero-order valence-electron chi connectivity index (χ0n) is 18.7. The van der Waals surface area contributed by atoms with E-state index < -0.39 is 17.6 Å². The number of nitrogens with one attached hydrogen (secondary N) is 1. The van der Waals surface area contributed by atoms with Gasteiger partial charge in [-0.3, -0.25) is 9.36 Å². The number of rotatable bonds is 6. The first-order chi connectivity index (χ1) is 16.6. The summed E-state index contributed by atoms with van der Waals surface area (Å²) in [5.41, 5.74) is 2.57. The molecule has 0 atom stereocenters. The maximum atomic E-state index is 13.3. The van der Waals surface area contributed by atoms with Gasteiger partial charge in [-0.2, -0.15) is 13.2 Å². The molecule has 5 nitrogen and oxygen atoms in total. The lowest BCUT2D eigenvalue weighted by Gasteiger charge is -2.14. The van der Waals surface area contributed by atoms with Crippen LogP contribution in [-0.2, 0) is 11.0 Å². The second kappa shape index (κ2) is 10.1. The third-order valence-corrected chi connectivity index (χ3v) is 6.50. The Hall–Kier alpha value is -3.30. The van der Waals surface area contributed by atoms with Crippen molar-refractivity contribution >= 4 is 35.0 Å². The van der Waals surface area contributed by atoms with Gasteiger partial charge in [0.2, 0.25) is 5.91 Å². The van der Waals surface area contributed by atoms with Crippen molar-refractivity contribution in [2.75, 3.05) is 11.1 Å². The number of amides is 1. The number of thioether (sulfide) groups is 1. The van der Waals surface area contributed by atoms with E-state index in [4.69, 9.17) is 11.6 Å². The summed E-state index contributed by atoms with van der Waals surface area (Å²) in [6.07, 6.45) is -4.58. The molecule has 0 radical (unpaired) electrons. The van der Waals surface area contributed by atoms with E-state index in [9.17, 15) is 18.0 Å². The summed E-state index contributed by atoms with van der Waals surface area (Å²) in [6, 6.07) is 17.9. The number of benzene rings is 3. The molecule has 0 aliphatic heterocycles. The summed E-state index contributed by atoms with van der Waals surface area (Å²) < 4.78 is 41.6. The Morgan fingerprint density at radius 3 is 2.40 bits per heavy atom. The van der Waals surface area contributed by atoms with Crippen LogP contribution in [0, 0.1) is 13.8 Å². The molecule has 0 saturated carbocycles. The maximum Gasteiger partial charge on any atom is 0.418 e. The third kappa shape index (κ3) is 5.68. The predicted molar refractivity (Wildman–Crippen MR) is 132 cm³/mol. The van der Waals surface area contributed by atoms with Crippen LogP contribution in [0.1, 0.15) is 16.7 Å². The molecule has 0 bridgehead atoms. The smallest absolute Gasteiger partial charge is 0.325 e. The number of halogens is 4. The minimum absolute atomic E-state index is 0.157. The molecular formula is C25H20ClF3N4OS. The van der Waals surface area contributed by atoms with Crippen molar-refractivity contribution in [2.45, 2.75) is 25.2 Å². The minimum Gasteiger partial charge on any atom is -0.325 e. The summed E-state index contributed by atoms with van der Waals surface area (Å²) in [7, 11) is 0. The van der Waals surface area contributed by atoms with E-state index in [0.29, 0.717) is 16.0 Å². The van der Waals surface area contributed by atoms with Gasteiger partial charge in [-0.1, -0.05) is 41.6 Å². The first kappa shape index (κ1) is 24.8. The number of hydrogen-bond acceptors (Lipinski definition) is 4. The topological polar surface area (TPSA) is 59.8 Å².